The van der Waals surface area contributed by atoms with Crippen molar-refractivity contribution in [2.75, 3.05) is 13.2 Å². The number of aromatic nitrogens is 1. The summed E-state index contributed by atoms with van der Waals surface area (Å²) in [7, 11) is 2.13. The molecule has 0 unspecified atom stereocenters. The summed E-state index contributed by atoms with van der Waals surface area (Å²) in [6, 6.07) is 8.54. The molecule has 102 valence electrons. The van der Waals surface area contributed by atoms with E-state index in [0.717, 1.165) is 25.9 Å². The molecule has 1 saturated carbocycles. The number of aliphatic hydroxyl groups is 1. The van der Waals surface area contributed by atoms with Gasteiger partial charge in [0.15, 0.2) is 0 Å². The molecule has 2 N–H and O–H groups in total. The highest BCUT2D eigenvalue weighted by Gasteiger charge is 2.41. The van der Waals surface area contributed by atoms with Gasteiger partial charge in [-0.2, -0.15) is 0 Å². The molecule has 19 heavy (non-hydrogen) atoms. The molecule has 0 saturated heterocycles. The predicted molar refractivity (Wildman–Crippen MR) is 78.1 cm³/mol. The van der Waals surface area contributed by atoms with Crippen molar-refractivity contribution in [2.24, 2.45) is 12.5 Å². The maximum absolute atomic E-state index is 9.33. The first kappa shape index (κ1) is 12.7. The van der Waals surface area contributed by atoms with Gasteiger partial charge in [0.1, 0.15) is 0 Å². The van der Waals surface area contributed by atoms with Crippen LogP contribution < -0.4 is 5.32 Å². The van der Waals surface area contributed by atoms with E-state index in [4.69, 9.17) is 0 Å². The number of fused-ring (bicyclic) bond motifs is 1. The lowest BCUT2D eigenvalue weighted by molar-refractivity contribution is 0.207. The number of hydrogen-bond acceptors (Lipinski definition) is 2. The van der Waals surface area contributed by atoms with E-state index in [9.17, 15) is 5.11 Å². The van der Waals surface area contributed by atoms with Crippen LogP contribution in [0.2, 0.25) is 0 Å². The monoisotopic (exact) mass is 258 g/mol. The van der Waals surface area contributed by atoms with E-state index in [2.05, 4.69) is 48.1 Å². The summed E-state index contributed by atoms with van der Waals surface area (Å²) in [6.07, 6.45) is 2.31. The Hall–Kier alpha value is -1.32. The van der Waals surface area contributed by atoms with E-state index in [1.54, 1.807) is 0 Å². The molecule has 0 aliphatic heterocycles. The quantitative estimate of drug-likeness (QED) is 0.864. The molecule has 0 amide bonds. The highest BCUT2D eigenvalue weighted by molar-refractivity contribution is 5.85. The topological polar surface area (TPSA) is 37.2 Å². The summed E-state index contributed by atoms with van der Waals surface area (Å²) in [5.74, 6) is 0. The number of para-hydroxylation sites is 1. The molecule has 0 bridgehead atoms. The summed E-state index contributed by atoms with van der Waals surface area (Å²) in [5.41, 5.74) is 4.17. The van der Waals surface area contributed by atoms with Gasteiger partial charge in [-0.25, -0.2) is 0 Å². The SMILES string of the molecule is Cc1c(CNCC2(CO)CC2)n(C)c2ccccc12. The van der Waals surface area contributed by atoms with Crippen molar-refractivity contribution in [3.63, 3.8) is 0 Å². The molecular weight excluding hydrogens is 236 g/mol. The minimum atomic E-state index is 0.179. The van der Waals surface area contributed by atoms with Crippen LogP contribution in [0.5, 0.6) is 0 Å². The van der Waals surface area contributed by atoms with Gasteiger partial charge in [-0.1, -0.05) is 18.2 Å². The van der Waals surface area contributed by atoms with Crippen LogP contribution in [0, 0.1) is 12.3 Å². The zero-order chi connectivity index (χ0) is 13.5. The zero-order valence-electron chi connectivity index (χ0n) is 11.7. The van der Waals surface area contributed by atoms with Crippen LogP contribution in [-0.4, -0.2) is 22.8 Å². The Kier molecular flexibility index (Phi) is 3.11. The number of nitrogens with one attached hydrogen (secondary N) is 1. The first-order valence-corrected chi connectivity index (χ1v) is 7.01. The van der Waals surface area contributed by atoms with Crippen molar-refractivity contribution in [3.05, 3.63) is 35.5 Å². The Morgan fingerprint density at radius 1 is 1.32 bits per heavy atom. The first-order chi connectivity index (χ1) is 9.17. The molecular formula is C16H22N2O. The lowest BCUT2D eigenvalue weighted by Gasteiger charge is -2.13. The highest BCUT2D eigenvalue weighted by Crippen LogP contribution is 2.44. The molecule has 3 heteroatoms. The molecule has 2 aromatic rings. The fourth-order valence-corrected chi connectivity index (χ4v) is 2.90. The lowest BCUT2D eigenvalue weighted by atomic mass is 10.1. The van der Waals surface area contributed by atoms with Crippen molar-refractivity contribution in [1.29, 1.82) is 0 Å². The third-order valence-electron chi connectivity index (χ3n) is 4.59. The van der Waals surface area contributed by atoms with Crippen molar-refractivity contribution >= 4 is 10.9 Å². The van der Waals surface area contributed by atoms with Crippen LogP contribution in [0.15, 0.2) is 24.3 Å². The number of nitrogens with zero attached hydrogens (tertiary/aromatic N) is 1. The van der Waals surface area contributed by atoms with Gasteiger partial charge in [0, 0.05) is 48.8 Å². The van der Waals surface area contributed by atoms with Gasteiger partial charge >= 0.3 is 0 Å². The Labute approximate surface area is 114 Å². The minimum Gasteiger partial charge on any atom is -0.396 e. The van der Waals surface area contributed by atoms with Crippen LogP contribution in [-0.2, 0) is 13.6 Å². The predicted octanol–water partition coefficient (Wildman–Crippen LogP) is 2.35. The molecule has 0 radical (unpaired) electrons. The van der Waals surface area contributed by atoms with Gasteiger partial charge < -0.3 is 15.0 Å². The highest BCUT2D eigenvalue weighted by atomic mass is 16.3. The second kappa shape index (κ2) is 4.66. The van der Waals surface area contributed by atoms with E-state index in [0.29, 0.717) is 6.61 Å². The van der Waals surface area contributed by atoms with Gasteiger partial charge in [0.25, 0.3) is 0 Å². The summed E-state index contributed by atoms with van der Waals surface area (Å²) in [5, 5.41) is 14.2. The van der Waals surface area contributed by atoms with Crippen LogP contribution >= 0.6 is 0 Å². The molecule has 0 spiro atoms. The summed E-state index contributed by atoms with van der Waals surface area (Å²) in [6.45, 7) is 4.30. The smallest absolute Gasteiger partial charge is 0.0499 e. The van der Waals surface area contributed by atoms with E-state index in [-0.39, 0.29) is 5.41 Å². The Morgan fingerprint density at radius 3 is 2.68 bits per heavy atom. The number of hydrogen-bond donors (Lipinski definition) is 2. The van der Waals surface area contributed by atoms with E-state index in [1.807, 2.05) is 0 Å². The van der Waals surface area contributed by atoms with Crippen LogP contribution in [0.4, 0.5) is 0 Å². The molecule has 1 aliphatic rings. The van der Waals surface area contributed by atoms with Crippen molar-refractivity contribution in [2.45, 2.75) is 26.3 Å². The van der Waals surface area contributed by atoms with Gasteiger partial charge in [-0.3, -0.25) is 0 Å². The molecule has 1 aromatic carbocycles. The Morgan fingerprint density at radius 2 is 2.05 bits per heavy atom. The number of aliphatic hydroxyl groups excluding tert-OH is 1. The third kappa shape index (κ3) is 2.17. The Bertz CT molecular complexity index is 557. The third-order valence-corrected chi connectivity index (χ3v) is 4.59. The van der Waals surface area contributed by atoms with Crippen LogP contribution in [0.25, 0.3) is 10.9 Å². The molecule has 1 heterocycles. The fraction of sp³-hybridized carbons (Fsp3) is 0.500. The maximum Gasteiger partial charge on any atom is 0.0499 e. The number of aryl methyl sites for hydroxylation is 2. The van der Waals surface area contributed by atoms with Gasteiger partial charge in [0.05, 0.1) is 0 Å². The first-order valence-electron chi connectivity index (χ1n) is 7.01. The van der Waals surface area contributed by atoms with E-state index in [1.165, 1.54) is 22.2 Å². The molecule has 1 aromatic heterocycles. The summed E-state index contributed by atoms with van der Waals surface area (Å²) in [4.78, 5) is 0. The van der Waals surface area contributed by atoms with Crippen LogP contribution in [0.3, 0.4) is 0 Å². The molecule has 3 nitrogen and oxygen atoms in total. The van der Waals surface area contributed by atoms with Crippen molar-refractivity contribution in [3.8, 4) is 0 Å². The fourth-order valence-electron chi connectivity index (χ4n) is 2.90. The van der Waals surface area contributed by atoms with Crippen LogP contribution in [0.1, 0.15) is 24.1 Å². The molecule has 3 rings (SSSR count). The molecule has 1 aliphatic carbocycles. The average molecular weight is 258 g/mol. The average Bonchev–Trinajstić information content (AvgIpc) is 3.18. The summed E-state index contributed by atoms with van der Waals surface area (Å²) >= 11 is 0. The van der Waals surface area contributed by atoms with Crippen molar-refractivity contribution in [1.82, 2.24) is 9.88 Å². The second-order valence-corrected chi connectivity index (χ2v) is 5.91. The zero-order valence-corrected chi connectivity index (χ0v) is 11.7. The van der Waals surface area contributed by atoms with Gasteiger partial charge in [-0.15, -0.1) is 0 Å². The molecule has 0 atom stereocenters. The normalized spacial score (nSPS) is 17.0. The van der Waals surface area contributed by atoms with Crippen molar-refractivity contribution < 1.29 is 5.11 Å². The lowest BCUT2D eigenvalue weighted by Crippen LogP contribution is -2.27. The van der Waals surface area contributed by atoms with Gasteiger partial charge in [0.2, 0.25) is 0 Å². The molecule has 1 fully saturated rings. The maximum atomic E-state index is 9.33. The number of rotatable bonds is 5. The minimum absolute atomic E-state index is 0.179. The largest absolute Gasteiger partial charge is 0.396 e. The Balaban J connectivity index is 1.77. The standard InChI is InChI=1S/C16H22N2O/c1-12-13-5-3-4-6-14(13)18(2)15(12)9-17-10-16(11-19)7-8-16/h3-6,17,19H,7-11H2,1-2H3. The van der Waals surface area contributed by atoms with Gasteiger partial charge in [-0.05, 0) is 31.4 Å². The number of benzene rings is 1. The van der Waals surface area contributed by atoms with E-state index >= 15 is 0 Å². The summed E-state index contributed by atoms with van der Waals surface area (Å²) < 4.78 is 2.27. The second-order valence-electron chi connectivity index (χ2n) is 5.91. The van der Waals surface area contributed by atoms with E-state index < -0.39 is 0 Å².